The highest BCUT2D eigenvalue weighted by molar-refractivity contribution is 6.08. The van der Waals surface area contributed by atoms with Crippen molar-refractivity contribution in [2.45, 2.75) is 33.1 Å². The quantitative estimate of drug-likeness (QED) is 0.871. The molecule has 2 aromatic carbocycles. The maximum atomic E-state index is 12.1. The summed E-state index contributed by atoms with van der Waals surface area (Å²) in [5, 5.41) is 5.01. The predicted octanol–water partition coefficient (Wildman–Crippen LogP) is 4.25. The number of rotatable bonds is 2. The highest BCUT2D eigenvalue weighted by Gasteiger charge is 2.14. The SMILES string of the molecule is Cc1ccccc1C(=O)NC(=O)Nc1ccc(C(C)(C)C)cc1. The number of aryl methyl sites for hydroxylation is 1. The van der Waals surface area contributed by atoms with Gasteiger partial charge in [-0.05, 0) is 41.7 Å². The van der Waals surface area contributed by atoms with Crippen molar-refractivity contribution in [2.24, 2.45) is 0 Å². The van der Waals surface area contributed by atoms with E-state index in [1.165, 1.54) is 5.56 Å². The number of imide groups is 1. The Morgan fingerprint density at radius 1 is 0.913 bits per heavy atom. The zero-order valence-corrected chi connectivity index (χ0v) is 13.9. The van der Waals surface area contributed by atoms with Crippen molar-refractivity contribution in [2.75, 3.05) is 5.32 Å². The second-order valence-corrected chi connectivity index (χ2v) is 6.55. The van der Waals surface area contributed by atoms with Crippen LogP contribution in [0.15, 0.2) is 48.5 Å². The molecule has 2 N–H and O–H groups in total. The number of carbonyl (C=O) groups is 2. The highest BCUT2D eigenvalue weighted by Crippen LogP contribution is 2.23. The Bertz CT molecular complexity index is 713. The molecule has 0 aliphatic heterocycles. The fourth-order valence-electron chi connectivity index (χ4n) is 2.21. The lowest BCUT2D eigenvalue weighted by Gasteiger charge is -2.19. The largest absolute Gasteiger partial charge is 0.326 e. The summed E-state index contributed by atoms with van der Waals surface area (Å²) in [6, 6.07) is 14.2. The number of carbonyl (C=O) groups excluding carboxylic acids is 2. The van der Waals surface area contributed by atoms with E-state index >= 15 is 0 Å². The number of benzene rings is 2. The van der Waals surface area contributed by atoms with Crippen LogP contribution in [0.2, 0.25) is 0 Å². The van der Waals surface area contributed by atoms with Crippen LogP contribution >= 0.6 is 0 Å². The fourth-order valence-corrected chi connectivity index (χ4v) is 2.21. The molecule has 0 unspecified atom stereocenters. The van der Waals surface area contributed by atoms with Crippen molar-refractivity contribution in [1.82, 2.24) is 5.32 Å². The number of nitrogens with one attached hydrogen (secondary N) is 2. The van der Waals surface area contributed by atoms with Gasteiger partial charge in [-0.2, -0.15) is 0 Å². The third-order valence-corrected chi connectivity index (χ3v) is 3.63. The van der Waals surface area contributed by atoms with Crippen LogP contribution < -0.4 is 10.6 Å². The zero-order valence-electron chi connectivity index (χ0n) is 13.9. The number of hydrogen-bond donors (Lipinski definition) is 2. The van der Waals surface area contributed by atoms with Crippen LogP contribution in [-0.4, -0.2) is 11.9 Å². The molecular formula is C19H22N2O2. The monoisotopic (exact) mass is 310 g/mol. The van der Waals surface area contributed by atoms with Crippen LogP contribution in [0.3, 0.4) is 0 Å². The summed E-state index contributed by atoms with van der Waals surface area (Å²) in [6.45, 7) is 8.22. The van der Waals surface area contributed by atoms with E-state index in [4.69, 9.17) is 0 Å². The van der Waals surface area contributed by atoms with Crippen molar-refractivity contribution in [1.29, 1.82) is 0 Å². The molecule has 0 spiro atoms. The average molecular weight is 310 g/mol. The molecule has 4 heteroatoms. The van der Waals surface area contributed by atoms with E-state index in [1.54, 1.807) is 12.1 Å². The zero-order chi connectivity index (χ0) is 17.0. The molecule has 120 valence electrons. The molecule has 0 fully saturated rings. The van der Waals surface area contributed by atoms with Gasteiger partial charge in [0, 0.05) is 11.3 Å². The first-order valence-corrected chi connectivity index (χ1v) is 7.56. The molecule has 0 heterocycles. The Balaban J connectivity index is 2.00. The molecule has 2 rings (SSSR count). The standard InChI is InChI=1S/C19H22N2O2/c1-13-7-5-6-8-16(13)17(22)21-18(23)20-15-11-9-14(10-12-15)19(2,3)4/h5-12H,1-4H3,(H2,20,21,22,23). The van der Waals surface area contributed by atoms with Gasteiger partial charge in [-0.3, -0.25) is 10.1 Å². The Labute approximate surface area is 136 Å². The Morgan fingerprint density at radius 3 is 2.09 bits per heavy atom. The topological polar surface area (TPSA) is 58.2 Å². The van der Waals surface area contributed by atoms with Gasteiger partial charge in [0.2, 0.25) is 0 Å². The third kappa shape index (κ3) is 4.42. The van der Waals surface area contributed by atoms with Crippen LogP contribution in [0.1, 0.15) is 42.3 Å². The van der Waals surface area contributed by atoms with Crippen molar-refractivity contribution >= 4 is 17.6 Å². The molecule has 0 bridgehead atoms. The minimum atomic E-state index is -0.540. The lowest BCUT2D eigenvalue weighted by atomic mass is 9.87. The molecule has 2 aromatic rings. The van der Waals surface area contributed by atoms with Crippen LogP contribution in [0.5, 0.6) is 0 Å². The van der Waals surface area contributed by atoms with E-state index < -0.39 is 11.9 Å². The van der Waals surface area contributed by atoms with Crippen molar-refractivity contribution in [3.05, 3.63) is 65.2 Å². The summed E-state index contributed by atoms with van der Waals surface area (Å²) in [4.78, 5) is 24.0. The van der Waals surface area contributed by atoms with E-state index in [0.29, 0.717) is 11.3 Å². The summed E-state index contributed by atoms with van der Waals surface area (Å²) in [7, 11) is 0. The van der Waals surface area contributed by atoms with Crippen molar-refractivity contribution in [3.8, 4) is 0 Å². The molecule has 0 saturated carbocycles. The minimum absolute atomic E-state index is 0.0571. The molecule has 0 aliphatic rings. The Hall–Kier alpha value is -2.62. The summed E-state index contributed by atoms with van der Waals surface area (Å²) in [5.74, 6) is -0.410. The lowest BCUT2D eigenvalue weighted by molar-refractivity contribution is 0.0966. The Morgan fingerprint density at radius 2 is 1.52 bits per heavy atom. The molecule has 0 radical (unpaired) electrons. The van der Waals surface area contributed by atoms with E-state index in [0.717, 1.165) is 5.56 Å². The normalized spacial score (nSPS) is 11.0. The van der Waals surface area contributed by atoms with E-state index in [-0.39, 0.29) is 5.41 Å². The highest BCUT2D eigenvalue weighted by atomic mass is 16.2. The summed E-state index contributed by atoms with van der Waals surface area (Å²) in [6.07, 6.45) is 0. The third-order valence-electron chi connectivity index (χ3n) is 3.63. The van der Waals surface area contributed by atoms with E-state index in [2.05, 4.69) is 31.4 Å². The van der Waals surface area contributed by atoms with Gasteiger partial charge in [-0.1, -0.05) is 51.1 Å². The molecular weight excluding hydrogens is 288 g/mol. The van der Waals surface area contributed by atoms with E-state index in [1.807, 2.05) is 43.3 Å². The second-order valence-electron chi connectivity index (χ2n) is 6.55. The second kappa shape index (κ2) is 6.65. The first kappa shape index (κ1) is 16.7. The molecule has 0 atom stereocenters. The number of urea groups is 1. The molecule has 4 nitrogen and oxygen atoms in total. The van der Waals surface area contributed by atoms with E-state index in [9.17, 15) is 9.59 Å². The lowest BCUT2D eigenvalue weighted by Crippen LogP contribution is -2.34. The van der Waals surface area contributed by atoms with Gasteiger partial charge in [0.25, 0.3) is 5.91 Å². The van der Waals surface area contributed by atoms with Gasteiger partial charge in [0.05, 0.1) is 0 Å². The van der Waals surface area contributed by atoms with Gasteiger partial charge in [-0.15, -0.1) is 0 Å². The molecule has 23 heavy (non-hydrogen) atoms. The minimum Gasteiger partial charge on any atom is -0.308 e. The van der Waals surface area contributed by atoms with Crippen LogP contribution in [-0.2, 0) is 5.41 Å². The van der Waals surface area contributed by atoms with Gasteiger partial charge in [0.1, 0.15) is 0 Å². The van der Waals surface area contributed by atoms with Gasteiger partial charge in [0.15, 0.2) is 0 Å². The first-order valence-electron chi connectivity index (χ1n) is 7.56. The number of anilines is 1. The average Bonchev–Trinajstić information content (AvgIpc) is 2.47. The van der Waals surface area contributed by atoms with Crippen molar-refractivity contribution < 1.29 is 9.59 Å². The summed E-state index contributed by atoms with van der Waals surface area (Å²) < 4.78 is 0. The van der Waals surface area contributed by atoms with Crippen LogP contribution in [0, 0.1) is 6.92 Å². The van der Waals surface area contributed by atoms with Gasteiger partial charge in [-0.25, -0.2) is 4.79 Å². The molecule has 3 amide bonds. The molecule has 0 saturated heterocycles. The Kier molecular flexibility index (Phi) is 4.84. The van der Waals surface area contributed by atoms with Gasteiger partial charge >= 0.3 is 6.03 Å². The number of amides is 3. The number of hydrogen-bond acceptors (Lipinski definition) is 2. The maximum absolute atomic E-state index is 12.1. The molecule has 0 aromatic heterocycles. The fraction of sp³-hybridized carbons (Fsp3) is 0.263. The van der Waals surface area contributed by atoms with Crippen LogP contribution in [0.4, 0.5) is 10.5 Å². The molecule has 0 aliphatic carbocycles. The summed E-state index contributed by atoms with van der Waals surface area (Å²) >= 11 is 0. The smallest absolute Gasteiger partial charge is 0.308 e. The predicted molar refractivity (Wildman–Crippen MR) is 92.8 cm³/mol. The van der Waals surface area contributed by atoms with Crippen molar-refractivity contribution in [3.63, 3.8) is 0 Å². The first-order chi connectivity index (χ1) is 10.8. The maximum Gasteiger partial charge on any atom is 0.326 e. The van der Waals surface area contributed by atoms with Gasteiger partial charge < -0.3 is 5.32 Å². The van der Waals surface area contributed by atoms with Crippen LogP contribution in [0.25, 0.3) is 0 Å². The summed E-state index contributed by atoms with van der Waals surface area (Å²) in [5.41, 5.74) is 3.20.